The van der Waals surface area contributed by atoms with Crippen molar-refractivity contribution in [2.24, 2.45) is 22.7 Å². The van der Waals surface area contributed by atoms with E-state index in [1.54, 1.807) is 0 Å². The summed E-state index contributed by atoms with van der Waals surface area (Å²) in [5, 5.41) is -5.82. The van der Waals surface area contributed by atoms with Gasteiger partial charge in [0.2, 0.25) is 0 Å². The number of halogens is 8. The van der Waals surface area contributed by atoms with Gasteiger partial charge in [-0.3, -0.25) is 14.1 Å². The monoisotopic (exact) mass is 904 g/mol. The van der Waals surface area contributed by atoms with Gasteiger partial charge in [0, 0.05) is 16.3 Å². The Hall–Kier alpha value is -0.0900. The first kappa shape index (κ1) is 30.9. The van der Waals surface area contributed by atoms with E-state index in [0.29, 0.717) is 19.3 Å². The summed E-state index contributed by atoms with van der Waals surface area (Å²) in [4.78, 5) is 26.5. The van der Waals surface area contributed by atoms with Crippen molar-refractivity contribution in [3.63, 3.8) is 0 Å². The molecule has 0 aliphatic heterocycles. The molecule has 1 aromatic carbocycles. The zero-order valence-electron chi connectivity index (χ0n) is 19.2. The number of esters is 2. The van der Waals surface area contributed by atoms with Crippen molar-refractivity contribution < 1.29 is 54.0 Å². The Morgan fingerprint density at radius 2 is 1.53 bits per heavy atom. The summed E-state index contributed by atoms with van der Waals surface area (Å²) in [6.45, 7) is -0.0603. The zero-order valence-corrected chi connectivity index (χ0v) is 26.5. The number of ether oxygens (including phenoxy) is 2. The van der Waals surface area contributed by atoms with Crippen LogP contribution in [0.4, 0.5) is 22.0 Å². The lowest BCUT2D eigenvalue weighted by Gasteiger charge is -2.59. The molecule has 4 aliphatic carbocycles. The number of alkyl halides is 5. The fraction of sp³-hybridized carbons (Fsp3) is 0.636. The molecular formula is C22H20F5I3O7S. The summed E-state index contributed by atoms with van der Waals surface area (Å²) in [7, 11) is -6.56. The van der Waals surface area contributed by atoms with Gasteiger partial charge >= 0.3 is 33.5 Å². The first-order chi connectivity index (χ1) is 17.3. The van der Waals surface area contributed by atoms with Crippen LogP contribution < -0.4 is 0 Å². The standard InChI is InChI=1S/C22H20F5I3O7S/c23-21(24,25)16(22(26,27)38(33,34)35)37-18(32)20-6-10-1-11(7-20)5-19(4-10,9-20)17(31)36-8-12-2-13(28)3-14(29)15(12)30/h2-3,10-11,16H,1,4-9H2,(H,33,34,35). The first-order valence-electron chi connectivity index (χ1n) is 11.2. The van der Waals surface area contributed by atoms with E-state index in [1.165, 1.54) is 0 Å². The van der Waals surface area contributed by atoms with Crippen molar-refractivity contribution in [3.8, 4) is 0 Å². The Labute approximate surface area is 255 Å². The highest BCUT2D eigenvalue weighted by molar-refractivity contribution is 14.1. The minimum atomic E-state index is -6.56. The molecule has 0 amide bonds. The van der Waals surface area contributed by atoms with Crippen molar-refractivity contribution in [1.29, 1.82) is 0 Å². The second-order valence-electron chi connectivity index (χ2n) is 10.3. The molecule has 4 fully saturated rings. The van der Waals surface area contributed by atoms with Gasteiger partial charge in [0.25, 0.3) is 6.10 Å². The third kappa shape index (κ3) is 5.66. The summed E-state index contributed by atoms with van der Waals surface area (Å²) >= 11 is 6.40. The summed E-state index contributed by atoms with van der Waals surface area (Å²) in [5.41, 5.74) is -2.13. The molecule has 0 aromatic heterocycles. The lowest BCUT2D eigenvalue weighted by atomic mass is 9.44. The van der Waals surface area contributed by atoms with Crippen LogP contribution in [0.15, 0.2) is 12.1 Å². The quantitative estimate of drug-likeness (QED) is 0.116. The molecule has 7 nitrogen and oxygen atoms in total. The molecule has 16 heteroatoms. The molecular weight excluding hydrogens is 884 g/mol. The van der Waals surface area contributed by atoms with E-state index >= 15 is 0 Å². The molecule has 0 saturated heterocycles. The zero-order chi connectivity index (χ0) is 28.5. The van der Waals surface area contributed by atoms with Gasteiger partial charge < -0.3 is 9.47 Å². The number of hydrogen-bond donors (Lipinski definition) is 1. The highest BCUT2D eigenvalue weighted by Crippen LogP contribution is 2.66. The Bertz CT molecular complexity index is 1260. The van der Waals surface area contributed by atoms with Crippen LogP contribution in [-0.4, -0.2) is 42.4 Å². The molecule has 212 valence electrons. The van der Waals surface area contributed by atoms with E-state index in [0.717, 1.165) is 16.3 Å². The summed E-state index contributed by atoms with van der Waals surface area (Å²) in [6.07, 6.45) is -9.33. The number of rotatable bonds is 7. The molecule has 3 atom stereocenters. The minimum absolute atomic E-state index is 0.0202. The predicted octanol–water partition coefficient (Wildman–Crippen LogP) is 6.08. The van der Waals surface area contributed by atoms with Crippen molar-refractivity contribution >= 4 is 89.8 Å². The Balaban J connectivity index is 1.58. The van der Waals surface area contributed by atoms with Gasteiger partial charge in [-0.2, -0.15) is 30.4 Å². The largest absolute Gasteiger partial charge is 0.460 e. The van der Waals surface area contributed by atoms with Crippen LogP contribution in [0.1, 0.15) is 44.1 Å². The third-order valence-electron chi connectivity index (χ3n) is 7.53. The maximum atomic E-state index is 14.1. The van der Waals surface area contributed by atoms with Crippen LogP contribution in [0.25, 0.3) is 0 Å². The SMILES string of the molecule is O=C(OCc1cc(I)cc(I)c1I)C12CC3CC(C1)CC(C(=O)OC(C(F)(F)F)C(F)(F)S(=O)(=O)O)(C3)C2. The number of benzene rings is 1. The molecule has 4 aliphatic rings. The van der Waals surface area contributed by atoms with Crippen molar-refractivity contribution in [2.45, 2.75) is 62.7 Å². The topological polar surface area (TPSA) is 107 Å². The second kappa shape index (κ2) is 10.3. The van der Waals surface area contributed by atoms with Crippen molar-refractivity contribution in [1.82, 2.24) is 0 Å². The van der Waals surface area contributed by atoms with E-state index in [-0.39, 0.29) is 37.7 Å². The highest BCUT2D eigenvalue weighted by atomic mass is 127. The van der Waals surface area contributed by atoms with Gasteiger partial charge in [0.05, 0.1) is 10.8 Å². The molecule has 5 rings (SSSR count). The molecule has 0 radical (unpaired) electrons. The van der Waals surface area contributed by atoms with E-state index in [2.05, 4.69) is 72.5 Å². The smallest absolute Gasteiger partial charge is 0.432 e. The van der Waals surface area contributed by atoms with Crippen LogP contribution in [-0.2, 0) is 35.8 Å². The fourth-order valence-corrected chi connectivity index (χ4v) is 9.33. The number of hydrogen-bond acceptors (Lipinski definition) is 6. The minimum Gasteiger partial charge on any atom is -0.460 e. The highest BCUT2D eigenvalue weighted by Gasteiger charge is 2.69. The summed E-state index contributed by atoms with van der Waals surface area (Å²) < 4.78 is 112. The van der Waals surface area contributed by atoms with Crippen molar-refractivity contribution in [2.75, 3.05) is 0 Å². The molecule has 38 heavy (non-hydrogen) atoms. The van der Waals surface area contributed by atoms with Gasteiger partial charge in [0.1, 0.15) is 6.61 Å². The number of carbonyl (C=O) groups excluding carboxylic acids is 2. The van der Waals surface area contributed by atoms with Crippen LogP contribution in [0.2, 0.25) is 0 Å². The van der Waals surface area contributed by atoms with Gasteiger partial charge in [-0.25, -0.2) is 0 Å². The molecule has 0 heterocycles. The van der Waals surface area contributed by atoms with Crippen LogP contribution >= 0.6 is 67.8 Å². The fourth-order valence-electron chi connectivity index (χ4n) is 6.44. The number of carbonyl (C=O) groups is 2. The molecule has 4 bridgehead atoms. The first-order valence-corrected chi connectivity index (χ1v) is 15.9. The second-order valence-corrected chi connectivity index (χ2v) is 15.3. The molecule has 3 unspecified atom stereocenters. The van der Waals surface area contributed by atoms with Crippen LogP contribution in [0.5, 0.6) is 0 Å². The lowest BCUT2D eigenvalue weighted by Crippen LogP contribution is -2.60. The molecule has 1 N–H and O–H groups in total. The predicted molar refractivity (Wildman–Crippen MR) is 146 cm³/mol. The van der Waals surface area contributed by atoms with E-state index in [9.17, 15) is 40.0 Å². The van der Waals surface area contributed by atoms with E-state index in [1.807, 2.05) is 12.1 Å². The van der Waals surface area contributed by atoms with Gasteiger partial charge in [-0.15, -0.1) is 0 Å². The van der Waals surface area contributed by atoms with Crippen LogP contribution in [0.3, 0.4) is 0 Å². The third-order valence-corrected chi connectivity index (χ3v) is 12.2. The van der Waals surface area contributed by atoms with Crippen molar-refractivity contribution in [3.05, 3.63) is 28.4 Å². The average Bonchev–Trinajstić information content (AvgIpc) is 2.75. The van der Waals surface area contributed by atoms with E-state index in [4.69, 9.17) is 9.29 Å². The maximum absolute atomic E-state index is 14.1. The molecule has 0 spiro atoms. The molecule has 1 aromatic rings. The van der Waals surface area contributed by atoms with Gasteiger partial charge in [-0.1, -0.05) is 0 Å². The van der Waals surface area contributed by atoms with Gasteiger partial charge in [0.15, 0.2) is 0 Å². The Kier molecular flexibility index (Phi) is 8.38. The lowest BCUT2D eigenvalue weighted by molar-refractivity contribution is -0.267. The van der Waals surface area contributed by atoms with Crippen LogP contribution in [0, 0.1) is 33.4 Å². The summed E-state index contributed by atoms with van der Waals surface area (Å²) in [5.74, 6) is -2.77. The normalized spacial score (nSPS) is 29.7. The Morgan fingerprint density at radius 3 is 2.03 bits per heavy atom. The van der Waals surface area contributed by atoms with E-state index < -0.39 is 50.4 Å². The average molecular weight is 904 g/mol. The maximum Gasteiger partial charge on any atom is 0.432 e. The Morgan fingerprint density at radius 1 is 1.00 bits per heavy atom. The molecule has 4 saturated carbocycles. The summed E-state index contributed by atoms with van der Waals surface area (Å²) in [6, 6.07) is 3.80. The van der Waals surface area contributed by atoms with Gasteiger partial charge in [-0.05, 0) is 130 Å².